The molecule has 0 atom stereocenters. The van der Waals surface area contributed by atoms with Crippen LogP contribution in [0.4, 0.5) is 0 Å². The Kier molecular flexibility index (Phi) is 5.49. The molecule has 0 saturated heterocycles. The molecule has 6 nitrogen and oxygen atoms in total. The fourth-order valence-corrected chi connectivity index (χ4v) is 3.68. The summed E-state index contributed by atoms with van der Waals surface area (Å²) >= 11 is 7.24. The number of sulfonamides is 1. The smallest absolute Gasteiger partial charge is 0.240 e. The summed E-state index contributed by atoms with van der Waals surface area (Å²) < 4.78 is 29.0. The highest BCUT2D eigenvalue weighted by atomic mass is 35.5. The number of hydrogen-bond acceptors (Lipinski definition) is 5. The average Bonchev–Trinajstić information content (AvgIpc) is 2.89. The monoisotopic (exact) mass is 360 g/mol. The van der Waals surface area contributed by atoms with Gasteiger partial charge < -0.3 is 4.57 Å². The first-order valence-corrected chi connectivity index (χ1v) is 9.66. The number of nitrogens with zero attached hydrogens (tertiary/aromatic N) is 3. The van der Waals surface area contributed by atoms with Gasteiger partial charge in [0.1, 0.15) is 5.82 Å². The normalized spacial score (nSPS) is 12.0. The Hall–Kier alpha value is -1.09. The molecular formula is C13H17ClN4O2S2. The Bertz CT molecular complexity index is 742. The van der Waals surface area contributed by atoms with Crippen LogP contribution >= 0.6 is 23.4 Å². The minimum Gasteiger partial charge on any atom is -0.302 e. The topological polar surface area (TPSA) is 76.9 Å². The van der Waals surface area contributed by atoms with Crippen molar-refractivity contribution in [1.29, 1.82) is 0 Å². The van der Waals surface area contributed by atoms with Crippen molar-refractivity contribution in [3.05, 3.63) is 35.1 Å². The minimum absolute atomic E-state index is 0.0801. The number of nitrogens with one attached hydrogen (secondary N) is 1. The lowest BCUT2D eigenvalue weighted by Gasteiger charge is -2.13. The van der Waals surface area contributed by atoms with Gasteiger partial charge in [-0.2, -0.15) is 0 Å². The maximum Gasteiger partial charge on any atom is 0.240 e. The lowest BCUT2D eigenvalue weighted by Crippen LogP contribution is -2.25. The fourth-order valence-electron chi connectivity index (χ4n) is 1.94. The van der Waals surface area contributed by atoms with Crippen LogP contribution in [0.5, 0.6) is 0 Å². The van der Waals surface area contributed by atoms with Crippen LogP contribution in [0.25, 0.3) is 0 Å². The summed E-state index contributed by atoms with van der Waals surface area (Å²) in [6, 6.07) is 6.15. The zero-order valence-electron chi connectivity index (χ0n) is 12.4. The minimum atomic E-state index is -3.61. The Labute approximate surface area is 139 Å². The number of thioether (sulfide) groups is 1. The molecular weight excluding hydrogens is 344 g/mol. The van der Waals surface area contributed by atoms with E-state index in [4.69, 9.17) is 11.6 Å². The first-order valence-electron chi connectivity index (χ1n) is 6.58. The highest BCUT2D eigenvalue weighted by molar-refractivity contribution is 7.98. The van der Waals surface area contributed by atoms with E-state index in [1.807, 2.05) is 24.7 Å². The van der Waals surface area contributed by atoms with E-state index in [9.17, 15) is 8.42 Å². The zero-order valence-corrected chi connectivity index (χ0v) is 14.8. The van der Waals surface area contributed by atoms with Gasteiger partial charge in [-0.25, -0.2) is 13.1 Å². The molecule has 0 bridgehead atoms. The van der Waals surface area contributed by atoms with E-state index in [1.165, 1.54) is 23.9 Å². The summed E-state index contributed by atoms with van der Waals surface area (Å²) in [7, 11) is -3.61. The van der Waals surface area contributed by atoms with E-state index in [1.54, 1.807) is 12.1 Å². The number of aromatic nitrogens is 3. The van der Waals surface area contributed by atoms with Crippen molar-refractivity contribution >= 4 is 33.4 Å². The van der Waals surface area contributed by atoms with Crippen LogP contribution in [-0.4, -0.2) is 29.4 Å². The molecule has 0 radical (unpaired) electrons. The second-order valence-electron chi connectivity index (χ2n) is 4.85. The van der Waals surface area contributed by atoms with E-state index in [2.05, 4.69) is 14.9 Å². The Balaban J connectivity index is 2.19. The summed E-state index contributed by atoms with van der Waals surface area (Å²) in [5, 5.41) is 9.38. The van der Waals surface area contributed by atoms with Crippen molar-refractivity contribution < 1.29 is 8.42 Å². The molecule has 9 heteroatoms. The molecule has 1 aromatic heterocycles. The van der Waals surface area contributed by atoms with Crippen LogP contribution in [-0.2, 0) is 16.6 Å². The van der Waals surface area contributed by atoms with Crippen LogP contribution in [0.2, 0.25) is 5.02 Å². The third kappa shape index (κ3) is 3.81. The molecule has 0 fully saturated rings. The quantitative estimate of drug-likeness (QED) is 0.801. The van der Waals surface area contributed by atoms with E-state index in [-0.39, 0.29) is 17.5 Å². The fraction of sp³-hybridized carbons (Fsp3) is 0.385. The van der Waals surface area contributed by atoms with E-state index >= 15 is 0 Å². The van der Waals surface area contributed by atoms with Crippen molar-refractivity contribution in [3.8, 4) is 0 Å². The van der Waals surface area contributed by atoms with Crippen molar-refractivity contribution in [2.24, 2.45) is 0 Å². The number of rotatable bonds is 6. The van der Waals surface area contributed by atoms with Gasteiger partial charge in [0.2, 0.25) is 10.0 Å². The summed E-state index contributed by atoms with van der Waals surface area (Å²) in [5.74, 6) is 0.580. The van der Waals surface area contributed by atoms with Crippen molar-refractivity contribution in [1.82, 2.24) is 19.5 Å². The van der Waals surface area contributed by atoms with Crippen molar-refractivity contribution in [2.45, 2.75) is 36.5 Å². The van der Waals surface area contributed by atoms with Gasteiger partial charge in [-0.15, -0.1) is 10.2 Å². The van der Waals surface area contributed by atoms with E-state index < -0.39 is 10.0 Å². The third-order valence-electron chi connectivity index (χ3n) is 2.98. The molecule has 1 aromatic carbocycles. The number of benzene rings is 1. The maximum absolute atomic E-state index is 12.3. The van der Waals surface area contributed by atoms with Gasteiger partial charge >= 0.3 is 0 Å². The zero-order chi connectivity index (χ0) is 16.3. The third-order valence-corrected chi connectivity index (χ3v) is 5.29. The lowest BCUT2D eigenvalue weighted by molar-refractivity contribution is 0.518. The molecule has 1 N–H and O–H groups in total. The predicted molar refractivity (Wildman–Crippen MR) is 87.7 cm³/mol. The second-order valence-corrected chi connectivity index (χ2v) is 7.82. The van der Waals surface area contributed by atoms with Gasteiger partial charge in [-0.3, -0.25) is 0 Å². The summed E-state index contributed by atoms with van der Waals surface area (Å²) in [6.45, 7) is 4.08. The van der Waals surface area contributed by atoms with Gasteiger partial charge in [-0.05, 0) is 44.4 Å². The van der Waals surface area contributed by atoms with Crippen LogP contribution in [0.3, 0.4) is 0 Å². The summed E-state index contributed by atoms with van der Waals surface area (Å²) in [5.41, 5.74) is 0. The molecule has 2 rings (SSSR count). The molecule has 0 unspecified atom stereocenters. The van der Waals surface area contributed by atoms with Crippen LogP contribution in [0.15, 0.2) is 34.3 Å². The van der Waals surface area contributed by atoms with Crippen molar-refractivity contribution in [2.75, 3.05) is 6.26 Å². The lowest BCUT2D eigenvalue weighted by atomic mass is 10.4. The largest absolute Gasteiger partial charge is 0.302 e. The molecule has 120 valence electrons. The Morgan fingerprint density at radius 1 is 1.27 bits per heavy atom. The SMILES string of the molecule is CSc1nnc(CNS(=O)(=O)c2ccc(Cl)cc2)n1C(C)C. The Morgan fingerprint density at radius 3 is 2.45 bits per heavy atom. The molecule has 0 spiro atoms. The Morgan fingerprint density at radius 2 is 1.91 bits per heavy atom. The summed E-state index contributed by atoms with van der Waals surface area (Å²) in [6.07, 6.45) is 1.91. The van der Waals surface area contributed by atoms with Crippen molar-refractivity contribution in [3.63, 3.8) is 0 Å². The standard InChI is InChI=1S/C13H17ClN4O2S2/c1-9(2)18-12(16-17-13(18)21-3)8-15-22(19,20)11-6-4-10(14)5-7-11/h4-7,9,15H,8H2,1-3H3. The average molecular weight is 361 g/mol. The molecule has 0 saturated carbocycles. The molecule has 0 amide bonds. The molecule has 0 aliphatic rings. The molecule has 2 aromatic rings. The highest BCUT2D eigenvalue weighted by Gasteiger charge is 2.18. The van der Waals surface area contributed by atoms with Gasteiger partial charge in [-0.1, -0.05) is 23.4 Å². The first kappa shape index (κ1) is 17.3. The van der Waals surface area contributed by atoms with E-state index in [0.29, 0.717) is 10.8 Å². The number of hydrogen-bond donors (Lipinski definition) is 1. The van der Waals surface area contributed by atoms with Crippen LogP contribution in [0, 0.1) is 0 Å². The molecule has 1 heterocycles. The molecule has 0 aliphatic carbocycles. The second kappa shape index (κ2) is 6.99. The van der Waals surface area contributed by atoms with E-state index in [0.717, 1.165) is 5.16 Å². The molecule has 22 heavy (non-hydrogen) atoms. The van der Waals surface area contributed by atoms with Gasteiger partial charge in [0, 0.05) is 11.1 Å². The highest BCUT2D eigenvalue weighted by Crippen LogP contribution is 2.20. The van der Waals surface area contributed by atoms with Crippen LogP contribution < -0.4 is 4.72 Å². The maximum atomic E-state index is 12.3. The van der Waals surface area contributed by atoms with Gasteiger partial charge in [0.25, 0.3) is 0 Å². The first-order chi connectivity index (χ1) is 10.3. The summed E-state index contributed by atoms with van der Waals surface area (Å²) in [4.78, 5) is 0.164. The predicted octanol–water partition coefficient (Wildman–Crippen LogP) is 2.71. The van der Waals surface area contributed by atoms with Gasteiger partial charge in [0.15, 0.2) is 5.16 Å². The molecule has 0 aliphatic heterocycles. The van der Waals surface area contributed by atoms with Crippen LogP contribution in [0.1, 0.15) is 25.7 Å². The number of halogens is 1. The van der Waals surface area contributed by atoms with Gasteiger partial charge in [0.05, 0.1) is 11.4 Å².